The van der Waals surface area contributed by atoms with Crippen molar-refractivity contribution in [1.82, 2.24) is 10.2 Å². The van der Waals surface area contributed by atoms with Gasteiger partial charge in [0.05, 0.1) is 0 Å². The first-order chi connectivity index (χ1) is 9.24. The lowest BCUT2D eigenvalue weighted by Gasteiger charge is -2.21. The number of hydrogen-bond donors (Lipinski definition) is 1. The molecule has 1 aliphatic rings. The summed E-state index contributed by atoms with van der Waals surface area (Å²) >= 11 is 0. The predicted octanol–water partition coefficient (Wildman–Crippen LogP) is 3.34. The van der Waals surface area contributed by atoms with E-state index in [1.165, 1.54) is 51.4 Å². The molecular formula is C16H32N2O. The number of amides is 1. The molecule has 0 radical (unpaired) electrons. The van der Waals surface area contributed by atoms with Crippen LogP contribution in [0.3, 0.4) is 0 Å². The number of unbranched alkanes of at least 4 members (excludes halogenated alkanes) is 6. The number of carbonyl (C=O) groups excluding carboxylic acids is 1. The Hall–Kier alpha value is -0.570. The van der Waals surface area contributed by atoms with Crippen LogP contribution in [0.25, 0.3) is 0 Å². The summed E-state index contributed by atoms with van der Waals surface area (Å²) in [5, 5.41) is 3.44. The van der Waals surface area contributed by atoms with Crippen molar-refractivity contribution in [1.29, 1.82) is 0 Å². The second-order valence-corrected chi connectivity index (χ2v) is 5.94. The zero-order chi connectivity index (χ0) is 13.9. The fourth-order valence-corrected chi connectivity index (χ4v) is 2.77. The molecule has 3 nitrogen and oxygen atoms in total. The maximum absolute atomic E-state index is 12.0. The highest BCUT2D eigenvalue weighted by Gasteiger charge is 2.18. The molecule has 1 saturated heterocycles. The van der Waals surface area contributed by atoms with Crippen LogP contribution in [0, 0.1) is 0 Å². The van der Waals surface area contributed by atoms with Gasteiger partial charge < -0.3 is 10.2 Å². The Kier molecular flexibility index (Phi) is 8.89. The molecule has 112 valence electrons. The number of nitrogens with zero attached hydrogens (tertiary/aromatic N) is 1. The largest absolute Gasteiger partial charge is 0.344 e. The molecular weight excluding hydrogens is 236 g/mol. The van der Waals surface area contributed by atoms with Gasteiger partial charge in [-0.15, -0.1) is 0 Å². The second-order valence-electron chi connectivity index (χ2n) is 5.94. The minimum absolute atomic E-state index is 0.322. The maximum Gasteiger partial charge on any atom is 0.222 e. The summed E-state index contributed by atoms with van der Waals surface area (Å²) in [6.07, 6.45) is 12.1. The molecule has 0 bridgehead atoms. The monoisotopic (exact) mass is 268 g/mol. The van der Waals surface area contributed by atoms with Gasteiger partial charge in [0, 0.05) is 26.1 Å². The molecule has 1 aliphatic heterocycles. The molecule has 0 aromatic heterocycles. The molecule has 1 rings (SSSR count). The van der Waals surface area contributed by atoms with E-state index >= 15 is 0 Å². The van der Waals surface area contributed by atoms with Gasteiger partial charge in [0.25, 0.3) is 0 Å². The van der Waals surface area contributed by atoms with Crippen LogP contribution in [0.2, 0.25) is 0 Å². The average Bonchev–Trinajstić information content (AvgIpc) is 2.90. The lowest BCUT2D eigenvalue weighted by Crippen LogP contribution is -2.38. The quantitative estimate of drug-likeness (QED) is 0.616. The molecule has 1 amide bonds. The molecule has 3 heteroatoms. The van der Waals surface area contributed by atoms with Crippen molar-refractivity contribution >= 4 is 5.91 Å². The third kappa shape index (κ3) is 7.56. The zero-order valence-corrected chi connectivity index (χ0v) is 12.9. The van der Waals surface area contributed by atoms with Crippen molar-refractivity contribution in [2.75, 3.05) is 20.1 Å². The number of nitrogens with one attached hydrogen (secondary N) is 1. The van der Waals surface area contributed by atoms with E-state index in [2.05, 4.69) is 12.2 Å². The Bertz CT molecular complexity index is 237. The van der Waals surface area contributed by atoms with Gasteiger partial charge in [0.2, 0.25) is 5.91 Å². The summed E-state index contributed by atoms with van der Waals surface area (Å²) < 4.78 is 0. The standard InChI is InChI=1S/C16H32N2O/c1-3-4-5-6-7-8-9-12-16(19)18(2)14-15-11-10-13-17-15/h15,17H,3-14H2,1-2H3. The fraction of sp³-hybridized carbons (Fsp3) is 0.938. The molecule has 1 heterocycles. The van der Waals surface area contributed by atoms with Crippen LogP contribution in [-0.4, -0.2) is 37.0 Å². The summed E-state index contributed by atoms with van der Waals surface area (Å²) in [5.74, 6) is 0.322. The molecule has 0 spiro atoms. The molecule has 0 aromatic rings. The van der Waals surface area contributed by atoms with Gasteiger partial charge in [-0.1, -0.05) is 45.4 Å². The summed E-state index contributed by atoms with van der Waals surface area (Å²) in [5.41, 5.74) is 0. The summed E-state index contributed by atoms with van der Waals surface area (Å²) in [6, 6.07) is 0.531. The average molecular weight is 268 g/mol. The summed E-state index contributed by atoms with van der Waals surface area (Å²) in [6.45, 7) is 4.24. The van der Waals surface area contributed by atoms with Crippen molar-refractivity contribution < 1.29 is 4.79 Å². The Labute approximate surface area is 119 Å². The van der Waals surface area contributed by atoms with Crippen LogP contribution in [0.5, 0.6) is 0 Å². The van der Waals surface area contributed by atoms with Crippen LogP contribution in [-0.2, 0) is 4.79 Å². The minimum Gasteiger partial charge on any atom is -0.344 e. The molecule has 1 fully saturated rings. The Balaban J connectivity index is 1.97. The van der Waals surface area contributed by atoms with E-state index in [-0.39, 0.29) is 0 Å². The van der Waals surface area contributed by atoms with Crippen LogP contribution >= 0.6 is 0 Å². The van der Waals surface area contributed by atoms with Crippen LogP contribution in [0.15, 0.2) is 0 Å². The Morgan fingerprint density at radius 3 is 2.47 bits per heavy atom. The highest BCUT2D eigenvalue weighted by molar-refractivity contribution is 5.75. The lowest BCUT2D eigenvalue weighted by molar-refractivity contribution is -0.130. The number of hydrogen-bond acceptors (Lipinski definition) is 2. The zero-order valence-electron chi connectivity index (χ0n) is 12.9. The predicted molar refractivity (Wildman–Crippen MR) is 81.3 cm³/mol. The van der Waals surface area contributed by atoms with E-state index in [1.54, 1.807) is 0 Å². The van der Waals surface area contributed by atoms with Crippen molar-refractivity contribution in [3.8, 4) is 0 Å². The molecule has 1 unspecified atom stereocenters. The first-order valence-corrected chi connectivity index (χ1v) is 8.21. The smallest absolute Gasteiger partial charge is 0.222 e. The maximum atomic E-state index is 12.0. The van der Waals surface area contributed by atoms with Crippen LogP contribution in [0.4, 0.5) is 0 Å². The normalized spacial score (nSPS) is 18.7. The van der Waals surface area contributed by atoms with Gasteiger partial charge in [0.1, 0.15) is 0 Å². The van der Waals surface area contributed by atoms with Gasteiger partial charge >= 0.3 is 0 Å². The van der Waals surface area contributed by atoms with Crippen LogP contribution < -0.4 is 5.32 Å². The second kappa shape index (κ2) is 10.2. The van der Waals surface area contributed by atoms with Crippen molar-refractivity contribution in [3.63, 3.8) is 0 Å². The molecule has 0 aromatic carbocycles. The van der Waals surface area contributed by atoms with Gasteiger partial charge in [-0.2, -0.15) is 0 Å². The van der Waals surface area contributed by atoms with E-state index in [0.717, 1.165) is 25.9 Å². The Morgan fingerprint density at radius 1 is 1.16 bits per heavy atom. The lowest BCUT2D eigenvalue weighted by atomic mass is 10.1. The topological polar surface area (TPSA) is 32.3 Å². The van der Waals surface area contributed by atoms with E-state index in [9.17, 15) is 4.79 Å². The molecule has 1 atom stereocenters. The first-order valence-electron chi connectivity index (χ1n) is 8.21. The molecule has 0 saturated carbocycles. The Morgan fingerprint density at radius 2 is 1.84 bits per heavy atom. The van der Waals surface area contributed by atoms with E-state index in [1.807, 2.05) is 11.9 Å². The highest BCUT2D eigenvalue weighted by atomic mass is 16.2. The van der Waals surface area contributed by atoms with Gasteiger partial charge in [-0.3, -0.25) is 4.79 Å². The van der Waals surface area contributed by atoms with Crippen LogP contribution in [0.1, 0.15) is 71.1 Å². The van der Waals surface area contributed by atoms with E-state index in [4.69, 9.17) is 0 Å². The van der Waals surface area contributed by atoms with Crippen molar-refractivity contribution in [3.05, 3.63) is 0 Å². The summed E-state index contributed by atoms with van der Waals surface area (Å²) in [4.78, 5) is 13.9. The van der Waals surface area contributed by atoms with E-state index in [0.29, 0.717) is 11.9 Å². The third-order valence-corrected chi connectivity index (χ3v) is 4.08. The number of rotatable bonds is 10. The van der Waals surface area contributed by atoms with Crippen molar-refractivity contribution in [2.24, 2.45) is 0 Å². The summed E-state index contributed by atoms with van der Waals surface area (Å²) in [7, 11) is 1.95. The van der Waals surface area contributed by atoms with Gasteiger partial charge in [0.15, 0.2) is 0 Å². The SMILES string of the molecule is CCCCCCCCCC(=O)N(C)CC1CCCN1. The van der Waals surface area contributed by atoms with Crippen molar-refractivity contribution in [2.45, 2.75) is 77.2 Å². The molecule has 19 heavy (non-hydrogen) atoms. The third-order valence-electron chi connectivity index (χ3n) is 4.08. The molecule has 0 aliphatic carbocycles. The number of likely N-dealkylation sites (N-methyl/N-ethyl adjacent to an activating group) is 1. The fourth-order valence-electron chi connectivity index (χ4n) is 2.77. The highest BCUT2D eigenvalue weighted by Crippen LogP contribution is 2.10. The van der Waals surface area contributed by atoms with Gasteiger partial charge in [-0.25, -0.2) is 0 Å². The van der Waals surface area contributed by atoms with Gasteiger partial charge in [-0.05, 0) is 25.8 Å². The van der Waals surface area contributed by atoms with E-state index < -0.39 is 0 Å². The first kappa shape index (κ1) is 16.5. The minimum atomic E-state index is 0.322. The number of carbonyl (C=O) groups is 1. The molecule has 1 N–H and O–H groups in total.